The molecular formula is C20H39N3O15. The molecule has 38 heavy (non-hydrogen) atoms. The van der Waals surface area contributed by atoms with Crippen molar-refractivity contribution in [3.63, 3.8) is 0 Å². The van der Waals surface area contributed by atoms with E-state index in [-0.39, 0.29) is 0 Å². The average Bonchev–Trinajstić information content (AvgIpc) is 2.87. The normalized spacial score (nSPS) is 47.6. The van der Waals surface area contributed by atoms with Crippen molar-refractivity contribution in [1.82, 2.24) is 0 Å². The van der Waals surface area contributed by atoms with Gasteiger partial charge in [0, 0.05) is 6.92 Å². The molecule has 15 N–H and O–H groups in total. The summed E-state index contributed by atoms with van der Waals surface area (Å²) in [4.78, 5) is 9.00. The van der Waals surface area contributed by atoms with Gasteiger partial charge in [0.25, 0.3) is 5.97 Å². The standard InChI is InChI=1S/C18H35N3O13.C2H4O2/c19-7-12(27)14(5(2-23)30-16(7)29)33-18-9(21)13(28)15(6(3-24)32-18)34-17-8(20)11(26)10(25)4(1-22)31-17;1-2(3)4/h4-18,22-29H,1-3,19-21H2;1H3,(H,3,4)/t4-,5-,6-,7-,8-,9-,10-,11-,12-,13-,14-,15-,16?,17+,18+;/m1./s1. The summed E-state index contributed by atoms with van der Waals surface area (Å²) in [5.41, 5.74) is 17.6. The number of aliphatic carboxylic acids is 1. The maximum absolute atomic E-state index is 10.8. The first-order valence-electron chi connectivity index (χ1n) is 11.7. The van der Waals surface area contributed by atoms with Gasteiger partial charge in [-0.15, -0.1) is 0 Å². The summed E-state index contributed by atoms with van der Waals surface area (Å²) >= 11 is 0. The van der Waals surface area contributed by atoms with Crippen molar-refractivity contribution in [3.8, 4) is 0 Å². The van der Waals surface area contributed by atoms with Crippen molar-refractivity contribution in [1.29, 1.82) is 0 Å². The number of carboxylic acids is 1. The maximum atomic E-state index is 10.8. The lowest BCUT2D eigenvalue weighted by atomic mass is 9.94. The average molecular weight is 562 g/mol. The second-order valence-electron chi connectivity index (χ2n) is 9.11. The quantitative estimate of drug-likeness (QED) is 0.137. The van der Waals surface area contributed by atoms with E-state index in [2.05, 4.69) is 0 Å². The highest BCUT2D eigenvalue weighted by Crippen LogP contribution is 2.31. The summed E-state index contributed by atoms with van der Waals surface area (Å²) in [5.74, 6) is -0.833. The fraction of sp³-hybridized carbons (Fsp3) is 0.950. The number of rotatable bonds is 7. The molecule has 1 unspecified atom stereocenters. The highest BCUT2D eigenvalue weighted by Gasteiger charge is 2.52. The lowest BCUT2D eigenvalue weighted by Gasteiger charge is -2.48. The fourth-order valence-corrected chi connectivity index (χ4v) is 4.18. The molecule has 0 radical (unpaired) electrons. The molecule has 224 valence electrons. The highest BCUT2D eigenvalue weighted by atomic mass is 16.7. The minimum atomic E-state index is -1.56. The zero-order chi connectivity index (χ0) is 28.9. The summed E-state index contributed by atoms with van der Waals surface area (Å²) < 4.78 is 27.4. The van der Waals surface area contributed by atoms with Gasteiger partial charge in [0.15, 0.2) is 18.9 Å². The molecule has 3 aliphatic heterocycles. The van der Waals surface area contributed by atoms with E-state index < -0.39 is 118 Å². The molecule has 0 aliphatic carbocycles. The third-order valence-corrected chi connectivity index (χ3v) is 6.33. The Bertz CT molecular complexity index is 730. The molecule has 0 aromatic heterocycles. The van der Waals surface area contributed by atoms with Crippen molar-refractivity contribution in [3.05, 3.63) is 0 Å². The van der Waals surface area contributed by atoms with E-state index >= 15 is 0 Å². The Kier molecular flexibility index (Phi) is 12.6. The lowest BCUT2D eigenvalue weighted by Crippen LogP contribution is -2.69. The van der Waals surface area contributed by atoms with Crippen molar-refractivity contribution >= 4 is 5.97 Å². The summed E-state index contributed by atoms with van der Waals surface area (Å²) in [6.45, 7) is -0.916. The zero-order valence-electron chi connectivity index (χ0n) is 20.5. The van der Waals surface area contributed by atoms with Crippen LogP contribution in [-0.4, -0.2) is 164 Å². The molecular weight excluding hydrogens is 522 g/mol. The van der Waals surface area contributed by atoms with Gasteiger partial charge in [0.05, 0.1) is 37.9 Å². The van der Waals surface area contributed by atoms with Crippen LogP contribution in [-0.2, 0) is 28.5 Å². The second kappa shape index (κ2) is 14.5. The first-order valence-corrected chi connectivity index (χ1v) is 11.7. The fourth-order valence-electron chi connectivity index (χ4n) is 4.18. The molecule has 0 saturated carbocycles. The van der Waals surface area contributed by atoms with Crippen LogP contribution in [0.1, 0.15) is 6.92 Å². The molecule has 0 aromatic carbocycles. The molecule has 3 fully saturated rings. The molecule has 0 aromatic rings. The van der Waals surface area contributed by atoms with Crippen molar-refractivity contribution in [2.75, 3.05) is 19.8 Å². The zero-order valence-corrected chi connectivity index (χ0v) is 20.5. The number of nitrogens with two attached hydrogens (primary N) is 3. The molecule has 0 bridgehead atoms. The van der Waals surface area contributed by atoms with Crippen molar-refractivity contribution in [2.24, 2.45) is 17.2 Å². The molecule has 18 nitrogen and oxygen atoms in total. The number of aliphatic hydroxyl groups is 8. The molecule has 0 spiro atoms. The monoisotopic (exact) mass is 561 g/mol. The summed E-state index contributed by atoms with van der Waals surface area (Å²) in [5, 5.41) is 87.1. The van der Waals surface area contributed by atoms with Gasteiger partial charge in [-0.1, -0.05) is 0 Å². The van der Waals surface area contributed by atoms with Crippen LogP contribution in [0.25, 0.3) is 0 Å². The Morgan fingerprint density at radius 2 is 1.03 bits per heavy atom. The lowest BCUT2D eigenvalue weighted by molar-refractivity contribution is -0.348. The molecule has 3 aliphatic rings. The summed E-state index contributed by atoms with van der Waals surface area (Å²) in [7, 11) is 0. The number of hydrogen-bond acceptors (Lipinski definition) is 17. The van der Waals surface area contributed by atoms with Gasteiger partial charge >= 0.3 is 0 Å². The third kappa shape index (κ3) is 7.52. The van der Waals surface area contributed by atoms with E-state index in [9.17, 15) is 40.9 Å². The minimum Gasteiger partial charge on any atom is -0.481 e. The van der Waals surface area contributed by atoms with Crippen LogP contribution in [0.4, 0.5) is 0 Å². The number of hydrogen-bond donors (Lipinski definition) is 12. The van der Waals surface area contributed by atoms with Crippen LogP contribution >= 0.6 is 0 Å². The van der Waals surface area contributed by atoms with E-state index in [4.69, 9.17) is 50.8 Å². The van der Waals surface area contributed by atoms with Crippen molar-refractivity contribution in [2.45, 2.75) is 98.9 Å². The van der Waals surface area contributed by atoms with Gasteiger partial charge < -0.3 is 86.8 Å². The smallest absolute Gasteiger partial charge is 0.300 e. The van der Waals surface area contributed by atoms with Gasteiger partial charge in [0.2, 0.25) is 0 Å². The van der Waals surface area contributed by atoms with Gasteiger partial charge in [-0.25, -0.2) is 0 Å². The summed E-state index contributed by atoms with van der Waals surface area (Å²) in [6.07, 6.45) is -16.8. The molecule has 0 amide bonds. The molecule has 18 heteroatoms. The molecule has 3 rings (SSSR count). The first-order chi connectivity index (χ1) is 17.8. The number of carbonyl (C=O) groups is 1. The predicted octanol–water partition coefficient (Wildman–Crippen LogP) is -7.58. The first kappa shape index (κ1) is 33.0. The predicted molar refractivity (Wildman–Crippen MR) is 120 cm³/mol. The Hall–Kier alpha value is -1.17. The van der Waals surface area contributed by atoms with E-state index in [0.717, 1.165) is 6.92 Å². The Morgan fingerprint density at radius 3 is 1.47 bits per heavy atom. The SMILES string of the molecule is CC(=O)O.N[C@H]1[C@H](O[C@H]2[C@H](O)[C@@H](N)[C@H](O[C@H]3[C@H](O)[C@@H](N)C(O)O[C@@H]3CO)O[C@@H]2CO)O[C@H](CO)[C@@H](O)[C@@H]1O. The van der Waals surface area contributed by atoms with Crippen LogP contribution in [0.3, 0.4) is 0 Å². The van der Waals surface area contributed by atoms with Crippen molar-refractivity contribution < 1.29 is 74.4 Å². The molecule has 3 saturated heterocycles. The maximum Gasteiger partial charge on any atom is 0.300 e. The van der Waals surface area contributed by atoms with E-state index in [1.54, 1.807) is 0 Å². The van der Waals surface area contributed by atoms with Crippen LogP contribution < -0.4 is 17.2 Å². The Balaban J connectivity index is 0.00000118. The second-order valence-corrected chi connectivity index (χ2v) is 9.11. The van der Waals surface area contributed by atoms with E-state index in [1.165, 1.54) is 0 Å². The van der Waals surface area contributed by atoms with Gasteiger partial charge in [-0.2, -0.15) is 0 Å². The van der Waals surface area contributed by atoms with E-state index in [0.29, 0.717) is 0 Å². The van der Waals surface area contributed by atoms with Crippen LogP contribution in [0.2, 0.25) is 0 Å². The number of aliphatic hydroxyl groups excluding tert-OH is 8. The van der Waals surface area contributed by atoms with Crippen LogP contribution in [0.15, 0.2) is 0 Å². The topological polar surface area (TPSA) is 323 Å². The number of ether oxygens (including phenoxy) is 5. The highest BCUT2D eigenvalue weighted by molar-refractivity contribution is 5.62. The van der Waals surface area contributed by atoms with Gasteiger partial charge in [0.1, 0.15) is 54.9 Å². The number of carboxylic acid groups (broad SMARTS) is 1. The van der Waals surface area contributed by atoms with Gasteiger partial charge in [-0.3, -0.25) is 4.79 Å². The Morgan fingerprint density at radius 1 is 0.658 bits per heavy atom. The largest absolute Gasteiger partial charge is 0.481 e. The molecule has 3 heterocycles. The third-order valence-electron chi connectivity index (χ3n) is 6.33. The van der Waals surface area contributed by atoms with E-state index in [1.807, 2.05) is 0 Å². The van der Waals surface area contributed by atoms with Crippen LogP contribution in [0, 0.1) is 0 Å². The Labute approximate surface area is 217 Å². The minimum absolute atomic E-state index is 0.651. The molecule has 15 atom stereocenters. The summed E-state index contributed by atoms with van der Waals surface area (Å²) in [6, 6.07) is -3.87. The van der Waals surface area contributed by atoms with Crippen LogP contribution in [0.5, 0.6) is 0 Å². The van der Waals surface area contributed by atoms with Gasteiger partial charge in [-0.05, 0) is 0 Å².